The summed E-state index contributed by atoms with van der Waals surface area (Å²) in [4.78, 5) is 0. The molecule has 1 saturated heterocycles. The molecule has 0 amide bonds. The highest BCUT2D eigenvalue weighted by molar-refractivity contribution is 4.75. The Morgan fingerprint density at radius 2 is 2.30 bits per heavy atom. The molecule has 1 N–H and O–H groups in total. The van der Waals surface area contributed by atoms with Gasteiger partial charge in [0.1, 0.15) is 0 Å². The molecular formula is C7H13F2N. The van der Waals surface area contributed by atoms with Gasteiger partial charge in [-0.25, -0.2) is 0 Å². The maximum Gasteiger partial charge on any atom is 0.302 e. The van der Waals surface area contributed by atoms with Crippen LogP contribution in [0.1, 0.15) is 26.2 Å². The zero-order valence-electron chi connectivity index (χ0n) is 6.16. The number of piperidine rings is 1. The van der Waals surface area contributed by atoms with Crippen molar-refractivity contribution < 1.29 is 8.78 Å². The maximum atomic E-state index is 12.5. The highest BCUT2D eigenvalue weighted by atomic mass is 19.3. The summed E-state index contributed by atoms with van der Waals surface area (Å²) in [6.07, 6.45) is 1.78. The van der Waals surface area contributed by atoms with Crippen LogP contribution in [-0.2, 0) is 0 Å². The zero-order valence-corrected chi connectivity index (χ0v) is 6.16. The number of halogens is 2. The van der Waals surface area contributed by atoms with Crippen molar-refractivity contribution in [2.24, 2.45) is 5.92 Å². The lowest BCUT2D eigenvalue weighted by Crippen LogP contribution is -2.43. The molecule has 0 saturated carbocycles. The third kappa shape index (κ3) is 1.90. The van der Waals surface area contributed by atoms with Gasteiger partial charge in [-0.1, -0.05) is 13.3 Å². The van der Waals surface area contributed by atoms with Crippen molar-refractivity contribution in [1.82, 2.24) is 5.32 Å². The predicted octanol–water partition coefficient (Wildman–Crippen LogP) is 1.99. The molecule has 1 unspecified atom stereocenters. The van der Waals surface area contributed by atoms with Gasteiger partial charge in [-0.3, -0.25) is 5.32 Å². The van der Waals surface area contributed by atoms with E-state index in [1.165, 1.54) is 0 Å². The lowest BCUT2D eigenvalue weighted by atomic mass is 9.94. The van der Waals surface area contributed by atoms with E-state index in [1.54, 1.807) is 0 Å². The first-order valence-electron chi connectivity index (χ1n) is 3.77. The number of nitrogens with one attached hydrogen (secondary N) is 1. The Labute approximate surface area is 59.8 Å². The van der Waals surface area contributed by atoms with Gasteiger partial charge in [-0.15, -0.1) is 0 Å². The van der Waals surface area contributed by atoms with Crippen LogP contribution in [0.5, 0.6) is 0 Å². The third-order valence-corrected chi connectivity index (χ3v) is 2.06. The van der Waals surface area contributed by atoms with E-state index in [-0.39, 0.29) is 12.3 Å². The Balaban J connectivity index is 2.40. The minimum atomic E-state index is -2.60. The lowest BCUT2D eigenvalue weighted by Gasteiger charge is -2.28. The molecule has 10 heavy (non-hydrogen) atoms. The van der Waals surface area contributed by atoms with E-state index in [9.17, 15) is 8.78 Å². The SMILES string of the molecule is CCC1CCNC(F)(F)C1. The summed E-state index contributed by atoms with van der Waals surface area (Å²) in [5.74, 6) is 0.219. The standard InChI is InChI=1S/C7H13F2N/c1-2-6-3-4-10-7(8,9)5-6/h6,10H,2-5H2,1H3. The minimum absolute atomic E-state index is 0.0174. The summed E-state index contributed by atoms with van der Waals surface area (Å²) < 4.78 is 25.1. The van der Waals surface area contributed by atoms with Crippen LogP contribution in [0.3, 0.4) is 0 Å². The normalized spacial score (nSPS) is 32.1. The summed E-state index contributed by atoms with van der Waals surface area (Å²) in [7, 11) is 0. The van der Waals surface area contributed by atoms with Crippen LogP contribution >= 0.6 is 0 Å². The molecule has 3 heteroatoms. The van der Waals surface area contributed by atoms with Gasteiger partial charge in [-0.05, 0) is 12.3 Å². The fraction of sp³-hybridized carbons (Fsp3) is 1.00. The molecule has 1 aliphatic rings. The Hall–Kier alpha value is -0.180. The van der Waals surface area contributed by atoms with Crippen LogP contribution in [0, 0.1) is 5.92 Å². The molecule has 0 spiro atoms. The zero-order chi connectivity index (χ0) is 7.61. The molecule has 0 aliphatic carbocycles. The van der Waals surface area contributed by atoms with Crippen LogP contribution in [0.15, 0.2) is 0 Å². The van der Waals surface area contributed by atoms with Crippen molar-refractivity contribution in [3.05, 3.63) is 0 Å². The van der Waals surface area contributed by atoms with Crippen LogP contribution in [0.2, 0.25) is 0 Å². The van der Waals surface area contributed by atoms with Gasteiger partial charge in [0, 0.05) is 13.0 Å². The molecular weight excluding hydrogens is 136 g/mol. The highest BCUT2D eigenvalue weighted by Crippen LogP contribution is 2.28. The summed E-state index contributed by atoms with van der Waals surface area (Å²) in [6.45, 7) is 2.43. The van der Waals surface area contributed by atoms with Crippen molar-refractivity contribution in [1.29, 1.82) is 0 Å². The molecule has 1 nitrogen and oxygen atoms in total. The second kappa shape index (κ2) is 2.82. The van der Waals surface area contributed by atoms with E-state index in [2.05, 4.69) is 5.32 Å². The molecule has 1 aliphatic heterocycles. The minimum Gasteiger partial charge on any atom is -0.258 e. The smallest absolute Gasteiger partial charge is 0.258 e. The van der Waals surface area contributed by atoms with Crippen LogP contribution in [-0.4, -0.2) is 12.6 Å². The summed E-state index contributed by atoms with van der Waals surface area (Å²) in [5, 5.41) is 2.19. The van der Waals surface area contributed by atoms with E-state index >= 15 is 0 Å². The summed E-state index contributed by atoms with van der Waals surface area (Å²) in [6, 6.07) is -2.60. The van der Waals surface area contributed by atoms with Gasteiger partial charge >= 0.3 is 6.05 Å². The highest BCUT2D eigenvalue weighted by Gasteiger charge is 2.34. The fourth-order valence-corrected chi connectivity index (χ4v) is 1.34. The second-order valence-corrected chi connectivity index (χ2v) is 2.90. The third-order valence-electron chi connectivity index (χ3n) is 2.06. The van der Waals surface area contributed by atoms with Crippen LogP contribution in [0.25, 0.3) is 0 Å². The second-order valence-electron chi connectivity index (χ2n) is 2.90. The van der Waals surface area contributed by atoms with E-state index in [0.717, 1.165) is 12.8 Å². The average molecular weight is 149 g/mol. The van der Waals surface area contributed by atoms with E-state index in [0.29, 0.717) is 6.54 Å². The first-order chi connectivity index (χ1) is 4.64. The van der Waals surface area contributed by atoms with Gasteiger partial charge in [0.05, 0.1) is 0 Å². The van der Waals surface area contributed by atoms with Gasteiger partial charge in [0.2, 0.25) is 0 Å². The molecule has 1 fully saturated rings. The number of alkyl halides is 2. The Bertz CT molecular complexity index is 114. The number of hydrogen-bond donors (Lipinski definition) is 1. The summed E-state index contributed by atoms with van der Waals surface area (Å²) in [5.41, 5.74) is 0. The quantitative estimate of drug-likeness (QED) is 0.562. The molecule has 0 aromatic carbocycles. The van der Waals surface area contributed by atoms with Crippen molar-refractivity contribution in [2.45, 2.75) is 32.2 Å². The molecule has 0 aromatic rings. The van der Waals surface area contributed by atoms with Gasteiger partial charge in [0.25, 0.3) is 0 Å². The molecule has 1 rings (SSSR count). The molecule has 0 radical (unpaired) electrons. The number of hydrogen-bond acceptors (Lipinski definition) is 1. The fourth-order valence-electron chi connectivity index (χ4n) is 1.34. The molecule has 0 aromatic heterocycles. The van der Waals surface area contributed by atoms with Gasteiger partial charge in [-0.2, -0.15) is 8.78 Å². The Kier molecular flexibility index (Phi) is 2.24. The lowest BCUT2D eigenvalue weighted by molar-refractivity contribution is -0.0745. The first kappa shape index (κ1) is 7.92. The Morgan fingerprint density at radius 1 is 1.60 bits per heavy atom. The summed E-state index contributed by atoms with van der Waals surface area (Å²) >= 11 is 0. The van der Waals surface area contributed by atoms with Crippen LogP contribution in [0.4, 0.5) is 8.78 Å². The molecule has 60 valence electrons. The number of rotatable bonds is 1. The van der Waals surface area contributed by atoms with Crippen molar-refractivity contribution in [2.75, 3.05) is 6.54 Å². The van der Waals surface area contributed by atoms with Gasteiger partial charge in [0.15, 0.2) is 0 Å². The molecule has 1 atom stereocenters. The van der Waals surface area contributed by atoms with Crippen molar-refractivity contribution in [3.63, 3.8) is 0 Å². The first-order valence-corrected chi connectivity index (χ1v) is 3.77. The van der Waals surface area contributed by atoms with Crippen LogP contribution < -0.4 is 5.32 Å². The Morgan fingerprint density at radius 3 is 2.70 bits per heavy atom. The van der Waals surface area contributed by atoms with E-state index in [4.69, 9.17) is 0 Å². The van der Waals surface area contributed by atoms with E-state index in [1.807, 2.05) is 6.92 Å². The molecule has 0 bridgehead atoms. The largest absolute Gasteiger partial charge is 0.302 e. The topological polar surface area (TPSA) is 12.0 Å². The average Bonchev–Trinajstić information content (AvgIpc) is 1.86. The van der Waals surface area contributed by atoms with Crippen molar-refractivity contribution in [3.8, 4) is 0 Å². The van der Waals surface area contributed by atoms with Gasteiger partial charge < -0.3 is 0 Å². The maximum absolute atomic E-state index is 12.5. The van der Waals surface area contributed by atoms with E-state index < -0.39 is 6.05 Å². The predicted molar refractivity (Wildman–Crippen MR) is 36.0 cm³/mol. The van der Waals surface area contributed by atoms with Crippen molar-refractivity contribution >= 4 is 0 Å². The molecule has 1 heterocycles. The monoisotopic (exact) mass is 149 g/mol.